The standard InChI is InChI=1S/C17H19N3O3S/c1-19-8-7-18-15(19)14-13(17(22)23)11-5-3-4-6-12(11)16(21)20(14)9-10-24-2/h3-8,13-14H,9-10H2,1-2H3,(H,22,23)/t13-,14-/m0/s1. The predicted octanol–water partition coefficient (Wildman–Crippen LogP) is 2.15. The van der Waals surface area contributed by atoms with Crippen LogP contribution in [0, 0.1) is 0 Å². The van der Waals surface area contributed by atoms with Crippen molar-refractivity contribution in [1.29, 1.82) is 0 Å². The Morgan fingerprint density at radius 3 is 2.75 bits per heavy atom. The summed E-state index contributed by atoms with van der Waals surface area (Å²) in [6, 6.07) is 6.36. The highest BCUT2D eigenvalue weighted by molar-refractivity contribution is 7.98. The molecule has 1 aliphatic heterocycles. The second kappa shape index (κ2) is 6.68. The molecule has 1 N–H and O–H groups in total. The first kappa shape index (κ1) is 16.6. The largest absolute Gasteiger partial charge is 0.481 e. The molecule has 24 heavy (non-hydrogen) atoms. The van der Waals surface area contributed by atoms with Gasteiger partial charge in [-0.1, -0.05) is 18.2 Å². The number of aromatic nitrogens is 2. The van der Waals surface area contributed by atoms with Crippen molar-refractivity contribution in [2.75, 3.05) is 18.6 Å². The minimum Gasteiger partial charge on any atom is -0.481 e. The molecule has 0 saturated carbocycles. The predicted molar refractivity (Wildman–Crippen MR) is 92.2 cm³/mol. The average molecular weight is 345 g/mol. The van der Waals surface area contributed by atoms with Gasteiger partial charge in [-0.05, 0) is 17.9 Å². The van der Waals surface area contributed by atoms with Gasteiger partial charge in [-0.2, -0.15) is 11.8 Å². The molecule has 0 saturated heterocycles. The molecule has 2 atom stereocenters. The molecular formula is C17H19N3O3S. The SMILES string of the molecule is CSCCN1C(=O)c2ccccc2[C@H](C(=O)O)[C@H]1c1nccn1C. The van der Waals surface area contributed by atoms with Gasteiger partial charge in [0.05, 0.1) is 0 Å². The number of hydrogen-bond donors (Lipinski definition) is 1. The molecule has 7 heteroatoms. The molecule has 0 spiro atoms. The highest BCUT2D eigenvalue weighted by atomic mass is 32.2. The van der Waals surface area contributed by atoms with E-state index in [1.54, 1.807) is 57.9 Å². The molecule has 6 nitrogen and oxygen atoms in total. The Kier molecular flexibility index (Phi) is 4.62. The zero-order valence-electron chi connectivity index (χ0n) is 13.5. The third kappa shape index (κ3) is 2.69. The summed E-state index contributed by atoms with van der Waals surface area (Å²) in [6.45, 7) is 0.482. The van der Waals surface area contributed by atoms with Gasteiger partial charge >= 0.3 is 5.97 Å². The first-order valence-corrected chi connectivity index (χ1v) is 9.04. The fourth-order valence-electron chi connectivity index (χ4n) is 3.24. The van der Waals surface area contributed by atoms with Gasteiger partial charge in [-0.25, -0.2) is 4.98 Å². The van der Waals surface area contributed by atoms with E-state index in [2.05, 4.69) is 4.98 Å². The first-order chi connectivity index (χ1) is 11.6. The number of carboxylic acids is 1. The van der Waals surface area contributed by atoms with Crippen molar-refractivity contribution in [1.82, 2.24) is 14.5 Å². The molecule has 0 unspecified atom stereocenters. The molecule has 3 rings (SSSR count). The summed E-state index contributed by atoms with van der Waals surface area (Å²) in [5.74, 6) is -0.586. The van der Waals surface area contributed by atoms with Crippen LogP contribution >= 0.6 is 11.8 Å². The zero-order chi connectivity index (χ0) is 17.3. The zero-order valence-corrected chi connectivity index (χ0v) is 14.4. The van der Waals surface area contributed by atoms with Gasteiger partial charge in [0, 0.05) is 37.3 Å². The van der Waals surface area contributed by atoms with Crippen molar-refractivity contribution in [3.05, 3.63) is 53.6 Å². The number of nitrogens with zero attached hydrogens (tertiary/aromatic N) is 3. The summed E-state index contributed by atoms with van der Waals surface area (Å²) in [5.41, 5.74) is 1.03. The number of thioether (sulfide) groups is 1. The van der Waals surface area contributed by atoms with Crippen molar-refractivity contribution in [2.45, 2.75) is 12.0 Å². The number of carbonyl (C=O) groups is 2. The first-order valence-electron chi connectivity index (χ1n) is 7.65. The maximum absolute atomic E-state index is 13.0. The minimum absolute atomic E-state index is 0.134. The van der Waals surface area contributed by atoms with E-state index in [1.807, 2.05) is 13.3 Å². The van der Waals surface area contributed by atoms with Crippen LogP contribution < -0.4 is 0 Å². The second-order valence-corrected chi connectivity index (χ2v) is 6.72. The molecule has 1 amide bonds. The van der Waals surface area contributed by atoms with E-state index >= 15 is 0 Å². The lowest BCUT2D eigenvalue weighted by molar-refractivity contribution is -0.140. The lowest BCUT2D eigenvalue weighted by Gasteiger charge is -2.40. The van der Waals surface area contributed by atoms with Crippen LogP contribution in [0.4, 0.5) is 0 Å². The number of fused-ring (bicyclic) bond motifs is 1. The maximum atomic E-state index is 13.0. The monoisotopic (exact) mass is 345 g/mol. The van der Waals surface area contributed by atoms with Crippen molar-refractivity contribution in [2.24, 2.45) is 7.05 Å². The number of rotatable bonds is 5. The summed E-state index contributed by atoms with van der Waals surface area (Å²) >= 11 is 1.62. The highest BCUT2D eigenvalue weighted by Gasteiger charge is 2.45. The molecule has 126 valence electrons. The lowest BCUT2D eigenvalue weighted by atomic mass is 9.82. The molecule has 0 radical (unpaired) electrons. The van der Waals surface area contributed by atoms with Crippen LogP contribution in [0.25, 0.3) is 0 Å². The number of hydrogen-bond acceptors (Lipinski definition) is 4. The van der Waals surface area contributed by atoms with Crippen LogP contribution in [0.1, 0.15) is 33.7 Å². The summed E-state index contributed by atoms with van der Waals surface area (Å²) in [4.78, 5) is 31.1. The summed E-state index contributed by atoms with van der Waals surface area (Å²) < 4.78 is 1.79. The van der Waals surface area contributed by atoms with Crippen molar-refractivity contribution < 1.29 is 14.7 Å². The second-order valence-electron chi connectivity index (χ2n) is 5.74. The Balaban J connectivity index is 2.18. The maximum Gasteiger partial charge on any atom is 0.313 e. The van der Waals surface area contributed by atoms with E-state index in [9.17, 15) is 14.7 Å². The molecule has 0 bridgehead atoms. The number of carbonyl (C=O) groups excluding carboxylic acids is 1. The molecule has 2 aromatic rings. The number of aryl methyl sites for hydroxylation is 1. The van der Waals surface area contributed by atoms with E-state index in [1.165, 1.54) is 0 Å². The number of benzene rings is 1. The molecule has 0 fully saturated rings. The van der Waals surface area contributed by atoms with Gasteiger partial charge in [0.25, 0.3) is 5.91 Å². The fraction of sp³-hybridized carbons (Fsp3) is 0.353. The molecule has 1 aliphatic rings. The van der Waals surface area contributed by atoms with Crippen LogP contribution in [-0.2, 0) is 11.8 Å². The van der Waals surface area contributed by atoms with Gasteiger partial charge in [-0.15, -0.1) is 0 Å². The molecule has 1 aromatic heterocycles. The Labute approximate surface area is 144 Å². The quantitative estimate of drug-likeness (QED) is 0.899. The number of amides is 1. The van der Waals surface area contributed by atoms with Crippen LogP contribution in [0.5, 0.6) is 0 Å². The Morgan fingerprint density at radius 2 is 2.12 bits per heavy atom. The Morgan fingerprint density at radius 1 is 1.38 bits per heavy atom. The summed E-state index contributed by atoms with van der Waals surface area (Å²) in [5, 5.41) is 9.89. The number of carboxylic acid groups (broad SMARTS) is 1. The smallest absolute Gasteiger partial charge is 0.313 e. The van der Waals surface area contributed by atoms with Gasteiger partial charge < -0.3 is 14.6 Å². The number of aliphatic carboxylic acids is 1. The Bertz CT molecular complexity index is 774. The van der Waals surface area contributed by atoms with E-state index in [-0.39, 0.29) is 5.91 Å². The molecule has 0 aliphatic carbocycles. The number of imidazole rings is 1. The van der Waals surface area contributed by atoms with E-state index in [0.717, 1.165) is 5.75 Å². The van der Waals surface area contributed by atoms with Gasteiger partial charge in [0.15, 0.2) is 0 Å². The molecule has 1 aromatic carbocycles. The van der Waals surface area contributed by atoms with E-state index in [0.29, 0.717) is 23.5 Å². The Hall–Kier alpha value is -2.28. The fourth-order valence-corrected chi connectivity index (χ4v) is 3.62. The van der Waals surface area contributed by atoms with Crippen LogP contribution in [-0.4, -0.2) is 50.0 Å². The lowest BCUT2D eigenvalue weighted by Crippen LogP contribution is -2.46. The van der Waals surface area contributed by atoms with Crippen LogP contribution in [0.3, 0.4) is 0 Å². The van der Waals surface area contributed by atoms with Gasteiger partial charge in [-0.3, -0.25) is 9.59 Å². The van der Waals surface area contributed by atoms with E-state index in [4.69, 9.17) is 0 Å². The summed E-state index contributed by atoms with van der Waals surface area (Å²) in [6.07, 6.45) is 5.37. The molecule has 2 heterocycles. The minimum atomic E-state index is -0.947. The van der Waals surface area contributed by atoms with Crippen LogP contribution in [0.15, 0.2) is 36.7 Å². The highest BCUT2D eigenvalue weighted by Crippen LogP contribution is 2.42. The molecular weight excluding hydrogens is 326 g/mol. The van der Waals surface area contributed by atoms with Crippen molar-refractivity contribution in [3.63, 3.8) is 0 Å². The van der Waals surface area contributed by atoms with Gasteiger partial charge in [0.2, 0.25) is 0 Å². The average Bonchev–Trinajstić information content (AvgIpc) is 2.99. The van der Waals surface area contributed by atoms with Crippen molar-refractivity contribution in [3.8, 4) is 0 Å². The van der Waals surface area contributed by atoms with Crippen molar-refractivity contribution >= 4 is 23.6 Å². The van der Waals surface area contributed by atoms with Crippen LogP contribution in [0.2, 0.25) is 0 Å². The van der Waals surface area contributed by atoms with Gasteiger partial charge in [0.1, 0.15) is 17.8 Å². The topological polar surface area (TPSA) is 75.4 Å². The normalized spacial score (nSPS) is 20.1. The summed E-state index contributed by atoms with van der Waals surface area (Å²) in [7, 11) is 1.82. The third-order valence-electron chi connectivity index (χ3n) is 4.36. The van der Waals surface area contributed by atoms with E-state index < -0.39 is 17.9 Å². The third-order valence-corrected chi connectivity index (χ3v) is 4.95.